The molecule has 4 nitrogen and oxygen atoms in total. The molecule has 0 saturated heterocycles. The lowest BCUT2D eigenvalue weighted by Gasteiger charge is -2.22. The lowest BCUT2D eigenvalue weighted by molar-refractivity contribution is 0.670. The van der Waals surface area contributed by atoms with Crippen molar-refractivity contribution in [1.29, 1.82) is 0 Å². The molecular formula is C30H32Cl2N4. The number of rotatable bonds is 7. The largest absolute Gasteiger partial charge is 0.384 e. The van der Waals surface area contributed by atoms with Crippen LogP contribution in [-0.4, -0.2) is 23.1 Å². The van der Waals surface area contributed by atoms with Crippen molar-refractivity contribution in [1.82, 2.24) is 9.97 Å². The van der Waals surface area contributed by atoms with Gasteiger partial charge in [0.25, 0.3) is 0 Å². The highest BCUT2D eigenvalue weighted by Gasteiger charge is 2.19. The molecule has 0 saturated carbocycles. The molecule has 186 valence electrons. The van der Waals surface area contributed by atoms with Crippen molar-refractivity contribution in [3.05, 3.63) is 69.0 Å². The van der Waals surface area contributed by atoms with Crippen molar-refractivity contribution in [3.8, 4) is 0 Å². The minimum absolute atomic E-state index is 0.746. The molecule has 0 atom stereocenters. The van der Waals surface area contributed by atoms with Crippen LogP contribution in [0.2, 0.25) is 10.0 Å². The second-order valence-electron chi connectivity index (χ2n) is 10.1. The van der Waals surface area contributed by atoms with Crippen LogP contribution in [0, 0.1) is 0 Å². The summed E-state index contributed by atoms with van der Waals surface area (Å²) in [5, 5.41) is 11.4. The summed E-state index contributed by atoms with van der Waals surface area (Å²) < 4.78 is 0. The molecule has 0 amide bonds. The molecule has 2 N–H and O–H groups in total. The predicted octanol–water partition coefficient (Wildman–Crippen LogP) is 8.15. The first-order chi connectivity index (χ1) is 17.7. The molecule has 0 bridgehead atoms. The fourth-order valence-electron chi connectivity index (χ4n) is 5.88. The van der Waals surface area contributed by atoms with Gasteiger partial charge in [0.1, 0.15) is 0 Å². The number of halogens is 2. The normalized spacial score (nSPS) is 15.1. The number of unbranched alkanes of at least 4 members (excludes halogenated alkanes) is 1. The highest BCUT2D eigenvalue weighted by molar-refractivity contribution is 6.31. The first-order valence-electron chi connectivity index (χ1n) is 13.4. The van der Waals surface area contributed by atoms with Crippen LogP contribution in [-0.2, 0) is 25.7 Å². The summed E-state index contributed by atoms with van der Waals surface area (Å²) in [5.74, 6) is 0. The first-order valence-corrected chi connectivity index (χ1v) is 14.1. The predicted molar refractivity (Wildman–Crippen MR) is 153 cm³/mol. The summed E-state index contributed by atoms with van der Waals surface area (Å²) in [6, 6.07) is 12.2. The SMILES string of the molecule is Clc1ccc2c(NCCCCNc3c4c(nc5cc(Cl)ccc35)CCCC4)c3c(nc2c1)CCCC3. The van der Waals surface area contributed by atoms with Crippen molar-refractivity contribution in [2.24, 2.45) is 0 Å². The van der Waals surface area contributed by atoms with Gasteiger partial charge in [-0.05, 0) is 112 Å². The summed E-state index contributed by atoms with van der Waals surface area (Å²) in [6.45, 7) is 1.89. The van der Waals surface area contributed by atoms with Gasteiger partial charge in [0.15, 0.2) is 0 Å². The van der Waals surface area contributed by atoms with E-state index in [2.05, 4.69) is 22.8 Å². The molecule has 6 rings (SSSR count). The third-order valence-electron chi connectivity index (χ3n) is 7.66. The van der Waals surface area contributed by atoms with E-state index in [0.29, 0.717) is 0 Å². The van der Waals surface area contributed by atoms with Crippen LogP contribution in [0.1, 0.15) is 61.0 Å². The van der Waals surface area contributed by atoms with E-state index >= 15 is 0 Å². The number of benzene rings is 2. The van der Waals surface area contributed by atoms with Crippen LogP contribution in [0.5, 0.6) is 0 Å². The molecule has 2 aromatic heterocycles. The second kappa shape index (κ2) is 10.4. The van der Waals surface area contributed by atoms with E-state index in [4.69, 9.17) is 33.2 Å². The molecule has 2 heterocycles. The Morgan fingerprint density at radius 2 is 1.06 bits per heavy atom. The van der Waals surface area contributed by atoms with Crippen LogP contribution in [0.15, 0.2) is 36.4 Å². The van der Waals surface area contributed by atoms with Gasteiger partial charge in [-0.25, -0.2) is 0 Å². The van der Waals surface area contributed by atoms with Gasteiger partial charge in [0.2, 0.25) is 0 Å². The monoisotopic (exact) mass is 518 g/mol. The topological polar surface area (TPSA) is 49.8 Å². The zero-order valence-corrected chi connectivity index (χ0v) is 22.1. The third-order valence-corrected chi connectivity index (χ3v) is 8.13. The summed E-state index contributed by atoms with van der Waals surface area (Å²) >= 11 is 12.6. The van der Waals surface area contributed by atoms with E-state index in [1.165, 1.54) is 70.3 Å². The van der Waals surface area contributed by atoms with Crippen LogP contribution in [0.3, 0.4) is 0 Å². The Morgan fingerprint density at radius 3 is 1.53 bits per heavy atom. The molecular weight excluding hydrogens is 487 g/mol. The van der Waals surface area contributed by atoms with Gasteiger partial charge in [-0.3, -0.25) is 9.97 Å². The molecule has 0 fully saturated rings. The van der Waals surface area contributed by atoms with Gasteiger partial charge in [0.05, 0.1) is 11.0 Å². The second-order valence-corrected chi connectivity index (χ2v) is 11.0. The van der Waals surface area contributed by atoms with Crippen molar-refractivity contribution >= 4 is 56.4 Å². The first kappa shape index (κ1) is 23.8. The number of hydrogen-bond donors (Lipinski definition) is 2. The number of fused-ring (bicyclic) bond motifs is 4. The maximum atomic E-state index is 6.28. The fourth-order valence-corrected chi connectivity index (χ4v) is 6.21. The minimum atomic E-state index is 0.746. The molecule has 0 unspecified atom stereocenters. The van der Waals surface area contributed by atoms with Gasteiger partial charge in [-0.1, -0.05) is 23.2 Å². The number of hydrogen-bond acceptors (Lipinski definition) is 4. The average molecular weight is 520 g/mol. The van der Waals surface area contributed by atoms with E-state index in [1.54, 1.807) is 0 Å². The Morgan fingerprint density at radius 1 is 0.611 bits per heavy atom. The van der Waals surface area contributed by atoms with E-state index in [0.717, 1.165) is 72.7 Å². The quantitative estimate of drug-likeness (QED) is 0.242. The molecule has 2 aliphatic rings. The van der Waals surface area contributed by atoms with Gasteiger partial charge in [0, 0.05) is 56.7 Å². The standard InChI is InChI=1S/C30H32Cl2N4/c31-19-11-13-23-27(17-19)35-25-9-3-1-7-21(25)29(23)33-15-5-6-16-34-30-22-8-2-4-10-26(22)36-28-18-20(32)12-14-24(28)30/h11-14,17-18H,1-10,15-16H2,(H,33,35)(H,34,36). The number of nitrogens with zero attached hydrogens (tertiary/aromatic N) is 2. The van der Waals surface area contributed by atoms with Crippen LogP contribution >= 0.6 is 23.2 Å². The molecule has 6 heteroatoms. The van der Waals surface area contributed by atoms with Crippen molar-refractivity contribution in [2.45, 2.75) is 64.2 Å². The van der Waals surface area contributed by atoms with Gasteiger partial charge in [-0.2, -0.15) is 0 Å². The van der Waals surface area contributed by atoms with E-state index in [9.17, 15) is 0 Å². The Labute approximate surface area is 222 Å². The smallest absolute Gasteiger partial charge is 0.0741 e. The molecule has 36 heavy (non-hydrogen) atoms. The molecule has 0 spiro atoms. The highest BCUT2D eigenvalue weighted by atomic mass is 35.5. The van der Waals surface area contributed by atoms with Crippen LogP contribution in [0.4, 0.5) is 11.4 Å². The van der Waals surface area contributed by atoms with Gasteiger partial charge < -0.3 is 10.6 Å². The van der Waals surface area contributed by atoms with E-state index < -0.39 is 0 Å². The number of pyridine rings is 2. The van der Waals surface area contributed by atoms with Gasteiger partial charge in [-0.15, -0.1) is 0 Å². The zero-order valence-electron chi connectivity index (χ0n) is 20.6. The molecule has 0 radical (unpaired) electrons. The van der Waals surface area contributed by atoms with Crippen molar-refractivity contribution in [3.63, 3.8) is 0 Å². The number of aromatic nitrogens is 2. The van der Waals surface area contributed by atoms with E-state index in [1.807, 2.05) is 24.3 Å². The number of aryl methyl sites for hydroxylation is 2. The average Bonchev–Trinajstić information content (AvgIpc) is 2.89. The summed E-state index contributed by atoms with van der Waals surface area (Å²) in [4.78, 5) is 9.89. The Kier molecular flexibility index (Phi) is 6.90. The maximum absolute atomic E-state index is 6.28. The Bertz CT molecular complexity index is 1320. The van der Waals surface area contributed by atoms with Crippen molar-refractivity contribution in [2.75, 3.05) is 23.7 Å². The van der Waals surface area contributed by atoms with E-state index in [-0.39, 0.29) is 0 Å². The molecule has 4 aromatic rings. The lowest BCUT2D eigenvalue weighted by atomic mass is 9.92. The lowest BCUT2D eigenvalue weighted by Crippen LogP contribution is -2.14. The molecule has 2 aliphatic carbocycles. The van der Waals surface area contributed by atoms with Crippen LogP contribution < -0.4 is 10.6 Å². The van der Waals surface area contributed by atoms with Crippen molar-refractivity contribution < 1.29 is 0 Å². The summed E-state index contributed by atoms with van der Waals surface area (Å²) in [6.07, 6.45) is 11.4. The van der Waals surface area contributed by atoms with Gasteiger partial charge >= 0.3 is 0 Å². The summed E-state index contributed by atoms with van der Waals surface area (Å²) in [5.41, 5.74) is 9.84. The van der Waals surface area contributed by atoms with Crippen LogP contribution in [0.25, 0.3) is 21.8 Å². The Balaban J connectivity index is 1.14. The maximum Gasteiger partial charge on any atom is 0.0741 e. The number of nitrogens with one attached hydrogen (secondary N) is 2. The summed E-state index contributed by atoms with van der Waals surface area (Å²) in [7, 11) is 0. The molecule has 2 aromatic carbocycles. The zero-order chi connectivity index (χ0) is 24.5. The fraction of sp³-hybridized carbons (Fsp3) is 0.400. The number of anilines is 2. The molecule has 0 aliphatic heterocycles. The third kappa shape index (κ3) is 4.73. The Hall–Kier alpha value is -2.56. The highest BCUT2D eigenvalue weighted by Crippen LogP contribution is 2.36. The minimum Gasteiger partial charge on any atom is -0.384 e.